The van der Waals surface area contributed by atoms with Gasteiger partial charge in [-0.15, -0.1) is 0 Å². The van der Waals surface area contributed by atoms with Crippen molar-refractivity contribution in [2.24, 2.45) is 5.73 Å². The summed E-state index contributed by atoms with van der Waals surface area (Å²) >= 11 is 0. The number of nitrogens with zero attached hydrogens (tertiary/aromatic N) is 2. The predicted octanol–water partition coefficient (Wildman–Crippen LogP) is 3.53. The molecule has 0 radical (unpaired) electrons. The Morgan fingerprint density at radius 1 is 1.07 bits per heavy atom. The maximum atomic E-state index is 13.0. The summed E-state index contributed by atoms with van der Waals surface area (Å²) < 4.78 is 54.3. The second-order valence-corrected chi connectivity index (χ2v) is 4.97. The fourth-order valence-corrected chi connectivity index (χ4v) is 1.77. The fraction of sp³-hybridized carbons (Fsp3) is 0.167. The highest BCUT2D eigenvalue weighted by atomic mass is 19.4. The average Bonchev–Trinajstić information content (AvgIpc) is 2.61. The minimum Gasteiger partial charge on any atom is -0.493 e. The van der Waals surface area contributed by atoms with Gasteiger partial charge in [-0.3, -0.25) is 4.79 Å². The number of rotatable bonds is 4. The summed E-state index contributed by atoms with van der Waals surface area (Å²) in [6.07, 6.45) is -4.37. The van der Waals surface area contributed by atoms with Crippen LogP contribution in [0.15, 0.2) is 42.5 Å². The Labute approximate surface area is 152 Å². The molecule has 9 heteroatoms. The number of nitriles is 2. The number of halogens is 4. The van der Waals surface area contributed by atoms with Crippen LogP contribution in [0.25, 0.3) is 0 Å². The summed E-state index contributed by atoms with van der Waals surface area (Å²) in [5.74, 6) is -0.856. The van der Waals surface area contributed by atoms with Gasteiger partial charge in [0.2, 0.25) is 5.91 Å². The monoisotopic (exact) mass is 379 g/mol. The van der Waals surface area contributed by atoms with E-state index in [0.717, 1.165) is 18.2 Å². The van der Waals surface area contributed by atoms with Crippen molar-refractivity contribution in [1.29, 1.82) is 10.5 Å². The molecule has 140 valence electrons. The zero-order valence-corrected chi connectivity index (χ0v) is 13.8. The van der Waals surface area contributed by atoms with E-state index in [1.54, 1.807) is 6.07 Å². The molecule has 1 amide bonds. The number of nitrogens with two attached hydrogens (primary N) is 1. The van der Waals surface area contributed by atoms with Crippen LogP contribution in [0.5, 0.6) is 5.75 Å². The van der Waals surface area contributed by atoms with E-state index in [1.807, 2.05) is 0 Å². The van der Waals surface area contributed by atoms with Gasteiger partial charge in [0.05, 0.1) is 35.8 Å². The average molecular weight is 379 g/mol. The molecule has 0 saturated carbocycles. The Morgan fingerprint density at radius 3 is 2.19 bits per heavy atom. The lowest BCUT2D eigenvalue weighted by atomic mass is 10.1. The second kappa shape index (κ2) is 9.78. The standard InChI is InChI=1S/C10H9FN2O2.C8H4F3N/c11-9-5-8(2-1-7(9)6-12)15-4-3-10(13)14;9-8(10,11)7-4-2-1-3-6(7)5-12/h1-2,5H,3-4H2,(H2,13,14);1-4H. The van der Waals surface area contributed by atoms with Gasteiger partial charge in [0, 0.05) is 6.07 Å². The Balaban J connectivity index is 0.000000277. The van der Waals surface area contributed by atoms with E-state index >= 15 is 0 Å². The summed E-state index contributed by atoms with van der Waals surface area (Å²) in [6, 6.07) is 11.7. The maximum Gasteiger partial charge on any atom is 0.417 e. The largest absolute Gasteiger partial charge is 0.493 e. The molecule has 0 fully saturated rings. The van der Waals surface area contributed by atoms with E-state index in [4.69, 9.17) is 21.0 Å². The molecule has 0 aliphatic carbocycles. The van der Waals surface area contributed by atoms with Gasteiger partial charge in [-0.05, 0) is 24.3 Å². The minimum atomic E-state index is -4.44. The number of hydrogen-bond donors (Lipinski definition) is 1. The van der Waals surface area contributed by atoms with Crippen LogP contribution < -0.4 is 10.5 Å². The van der Waals surface area contributed by atoms with Crippen LogP contribution >= 0.6 is 0 Å². The zero-order chi connectivity index (χ0) is 20.4. The van der Waals surface area contributed by atoms with Gasteiger partial charge in [-0.25, -0.2) is 4.39 Å². The third kappa shape index (κ3) is 7.04. The SMILES string of the molecule is N#Cc1ccc(OCCC(N)=O)cc1F.N#Cc1ccccc1C(F)(F)F. The first-order chi connectivity index (χ1) is 12.7. The number of alkyl halides is 3. The van der Waals surface area contributed by atoms with Gasteiger partial charge < -0.3 is 10.5 Å². The summed E-state index contributed by atoms with van der Waals surface area (Å²) in [5.41, 5.74) is 3.63. The van der Waals surface area contributed by atoms with E-state index in [0.29, 0.717) is 0 Å². The zero-order valence-electron chi connectivity index (χ0n) is 13.8. The molecular formula is C18H13F4N3O2. The van der Waals surface area contributed by atoms with Crippen LogP contribution in [0, 0.1) is 28.5 Å². The third-order valence-electron chi connectivity index (χ3n) is 3.03. The lowest BCUT2D eigenvalue weighted by molar-refractivity contribution is -0.137. The number of carbonyl (C=O) groups is 1. The summed E-state index contributed by atoms with van der Waals surface area (Å²) in [4.78, 5) is 10.4. The van der Waals surface area contributed by atoms with Crippen molar-refractivity contribution in [2.45, 2.75) is 12.6 Å². The number of primary amides is 1. The van der Waals surface area contributed by atoms with Gasteiger partial charge in [0.15, 0.2) is 0 Å². The summed E-state index contributed by atoms with van der Waals surface area (Å²) in [5, 5.41) is 16.8. The molecule has 0 unspecified atom stereocenters. The summed E-state index contributed by atoms with van der Waals surface area (Å²) in [6.45, 7) is 0.0979. The molecule has 0 aromatic heterocycles. The first kappa shape index (κ1) is 21.5. The van der Waals surface area contributed by atoms with Crippen molar-refractivity contribution < 1.29 is 27.1 Å². The summed E-state index contributed by atoms with van der Waals surface area (Å²) in [7, 11) is 0. The maximum absolute atomic E-state index is 13.0. The van der Waals surface area contributed by atoms with Crippen LogP contribution in [0.2, 0.25) is 0 Å². The third-order valence-corrected chi connectivity index (χ3v) is 3.03. The van der Waals surface area contributed by atoms with E-state index in [-0.39, 0.29) is 29.9 Å². The quantitative estimate of drug-likeness (QED) is 0.822. The number of ether oxygens (including phenoxy) is 1. The van der Waals surface area contributed by atoms with Crippen LogP contribution in [0.4, 0.5) is 17.6 Å². The smallest absolute Gasteiger partial charge is 0.417 e. The second-order valence-electron chi connectivity index (χ2n) is 4.97. The van der Waals surface area contributed by atoms with Crippen LogP contribution in [-0.2, 0) is 11.0 Å². The van der Waals surface area contributed by atoms with Gasteiger partial charge in [0.25, 0.3) is 0 Å². The van der Waals surface area contributed by atoms with E-state index in [1.165, 1.54) is 30.3 Å². The molecule has 0 aliphatic heterocycles. The molecule has 2 rings (SSSR count). The highest BCUT2D eigenvalue weighted by Gasteiger charge is 2.32. The Bertz CT molecular complexity index is 883. The van der Waals surface area contributed by atoms with Crippen LogP contribution in [0.1, 0.15) is 23.1 Å². The van der Waals surface area contributed by atoms with Gasteiger partial charge in [-0.2, -0.15) is 23.7 Å². The van der Waals surface area contributed by atoms with E-state index < -0.39 is 23.5 Å². The van der Waals surface area contributed by atoms with Crippen molar-refractivity contribution in [3.8, 4) is 17.9 Å². The Kier molecular flexibility index (Phi) is 7.77. The van der Waals surface area contributed by atoms with Crippen LogP contribution in [0.3, 0.4) is 0 Å². The highest BCUT2D eigenvalue weighted by Crippen LogP contribution is 2.31. The first-order valence-electron chi connectivity index (χ1n) is 7.36. The molecular weight excluding hydrogens is 366 g/mol. The van der Waals surface area contributed by atoms with Gasteiger partial charge >= 0.3 is 6.18 Å². The fourth-order valence-electron chi connectivity index (χ4n) is 1.77. The Morgan fingerprint density at radius 2 is 1.70 bits per heavy atom. The normalized spacial score (nSPS) is 10.0. The van der Waals surface area contributed by atoms with Crippen molar-refractivity contribution >= 4 is 5.91 Å². The van der Waals surface area contributed by atoms with Crippen molar-refractivity contribution in [3.05, 3.63) is 65.0 Å². The van der Waals surface area contributed by atoms with E-state index in [9.17, 15) is 22.4 Å². The number of hydrogen-bond acceptors (Lipinski definition) is 4. The molecule has 2 N–H and O–H groups in total. The van der Waals surface area contributed by atoms with Crippen molar-refractivity contribution in [2.75, 3.05) is 6.61 Å². The molecule has 27 heavy (non-hydrogen) atoms. The molecule has 0 heterocycles. The lowest BCUT2D eigenvalue weighted by Crippen LogP contribution is -2.14. The van der Waals surface area contributed by atoms with Crippen LogP contribution in [-0.4, -0.2) is 12.5 Å². The minimum absolute atomic E-state index is 0.0442. The van der Waals surface area contributed by atoms with E-state index in [2.05, 4.69) is 0 Å². The Hall–Kier alpha value is -3.59. The lowest BCUT2D eigenvalue weighted by Gasteiger charge is -2.06. The molecule has 0 atom stereocenters. The number of carbonyl (C=O) groups excluding carboxylic acids is 1. The topological polar surface area (TPSA) is 99.9 Å². The molecule has 0 saturated heterocycles. The predicted molar refractivity (Wildman–Crippen MR) is 86.6 cm³/mol. The number of amides is 1. The van der Waals surface area contributed by atoms with Gasteiger partial charge in [-0.1, -0.05) is 12.1 Å². The molecule has 0 spiro atoms. The molecule has 2 aromatic rings. The van der Waals surface area contributed by atoms with Gasteiger partial charge in [0.1, 0.15) is 17.6 Å². The first-order valence-corrected chi connectivity index (χ1v) is 7.36. The van der Waals surface area contributed by atoms with Crippen molar-refractivity contribution in [3.63, 3.8) is 0 Å². The highest BCUT2D eigenvalue weighted by molar-refractivity contribution is 5.73. The molecule has 5 nitrogen and oxygen atoms in total. The molecule has 2 aromatic carbocycles. The number of benzene rings is 2. The molecule has 0 aliphatic rings. The molecule has 0 bridgehead atoms. The van der Waals surface area contributed by atoms with Crippen molar-refractivity contribution in [1.82, 2.24) is 0 Å².